The first kappa shape index (κ1) is 25.6. The quantitative estimate of drug-likeness (QED) is 0.450. The van der Waals surface area contributed by atoms with Gasteiger partial charge in [0.05, 0.1) is 12.1 Å². The highest BCUT2D eigenvalue weighted by Crippen LogP contribution is 2.08. The van der Waals surface area contributed by atoms with Gasteiger partial charge in [0.2, 0.25) is 0 Å². The van der Waals surface area contributed by atoms with E-state index in [0.717, 1.165) is 12.5 Å². The number of amides is 1. The summed E-state index contributed by atoms with van der Waals surface area (Å²) in [5.74, 6) is -1.19. The number of halogens is 2. The molecule has 0 aliphatic carbocycles. The smallest absolute Gasteiger partial charge is 0.252 e. The number of carbonyl (C=O) groups is 1. The maximum Gasteiger partial charge on any atom is 0.252 e. The Morgan fingerprint density at radius 3 is 2.38 bits per heavy atom. The second-order valence-electron chi connectivity index (χ2n) is 7.59. The highest BCUT2D eigenvalue weighted by molar-refractivity contribution is 7.08. The molecule has 7 heteroatoms. The number of rotatable bonds is 8. The molecule has 32 heavy (non-hydrogen) atoms. The number of aliphatic hydroxyl groups is 1. The van der Waals surface area contributed by atoms with Gasteiger partial charge in [-0.15, -0.1) is 0 Å². The highest BCUT2D eigenvalue weighted by Gasteiger charge is 2.17. The van der Waals surface area contributed by atoms with Crippen molar-refractivity contribution in [3.8, 4) is 0 Å². The van der Waals surface area contributed by atoms with Gasteiger partial charge in [0.15, 0.2) is 0 Å². The number of aliphatic hydroxyl groups excluding tert-OH is 1. The zero-order chi connectivity index (χ0) is 23.5. The van der Waals surface area contributed by atoms with E-state index in [1.54, 1.807) is 18.4 Å². The van der Waals surface area contributed by atoms with Crippen LogP contribution < -0.4 is 10.6 Å². The SMILES string of the molecule is CCc1cccc(CNCC(O)C(C)NC(=O)c2ccsc2)c1.Cc1cc(F)cc(F)c1. The van der Waals surface area contributed by atoms with Gasteiger partial charge in [-0.2, -0.15) is 11.3 Å². The molecule has 2 atom stereocenters. The van der Waals surface area contributed by atoms with Crippen LogP contribution in [0.5, 0.6) is 0 Å². The van der Waals surface area contributed by atoms with Crippen molar-refractivity contribution >= 4 is 17.2 Å². The number of hydrogen-bond donors (Lipinski definition) is 3. The molecule has 2 aromatic carbocycles. The van der Waals surface area contributed by atoms with Crippen LogP contribution in [0, 0.1) is 18.6 Å². The standard InChI is InChI=1S/C18H24N2O2S.C7H6F2/c1-3-14-5-4-6-15(9-14)10-19-11-17(21)13(2)20-18(22)16-7-8-23-12-16;1-5-2-6(8)4-7(9)3-5/h4-9,12-13,17,19,21H,3,10-11H2,1-2H3,(H,20,22);2-4H,1H3. The van der Waals surface area contributed by atoms with Gasteiger partial charge in [0.1, 0.15) is 11.6 Å². The van der Waals surface area contributed by atoms with Gasteiger partial charge >= 0.3 is 0 Å². The summed E-state index contributed by atoms with van der Waals surface area (Å²) in [7, 11) is 0. The van der Waals surface area contributed by atoms with Crippen LogP contribution in [0.15, 0.2) is 59.3 Å². The van der Waals surface area contributed by atoms with Gasteiger partial charge in [0, 0.05) is 30.1 Å². The van der Waals surface area contributed by atoms with E-state index in [0.29, 0.717) is 24.2 Å². The predicted molar refractivity (Wildman–Crippen MR) is 126 cm³/mol. The van der Waals surface area contributed by atoms with Gasteiger partial charge in [0.25, 0.3) is 5.91 Å². The van der Waals surface area contributed by atoms with E-state index in [1.165, 1.54) is 34.6 Å². The van der Waals surface area contributed by atoms with Crippen LogP contribution in [0.2, 0.25) is 0 Å². The molecule has 0 radical (unpaired) electrons. The lowest BCUT2D eigenvalue weighted by Crippen LogP contribution is -2.45. The van der Waals surface area contributed by atoms with Gasteiger partial charge in [-0.3, -0.25) is 4.79 Å². The monoisotopic (exact) mass is 460 g/mol. The average Bonchev–Trinajstić information content (AvgIpc) is 3.28. The fourth-order valence-corrected chi connectivity index (χ4v) is 3.61. The maximum absolute atomic E-state index is 12.2. The van der Waals surface area contributed by atoms with Crippen molar-refractivity contribution in [3.63, 3.8) is 0 Å². The fourth-order valence-electron chi connectivity index (χ4n) is 2.97. The maximum atomic E-state index is 12.2. The first-order valence-corrected chi connectivity index (χ1v) is 11.4. The van der Waals surface area contributed by atoms with Crippen LogP contribution in [-0.4, -0.2) is 29.7 Å². The zero-order valence-corrected chi connectivity index (χ0v) is 19.4. The molecule has 0 saturated heterocycles. The summed E-state index contributed by atoms with van der Waals surface area (Å²) in [5, 5.41) is 19.9. The van der Waals surface area contributed by atoms with Crippen molar-refractivity contribution in [1.82, 2.24) is 10.6 Å². The Balaban J connectivity index is 0.000000336. The molecule has 0 saturated carbocycles. The molecule has 1 aromatic heterocycles. The molecule has 0 aliphatic heterocycles. The number of nitrogens with one attached hydrogen (secondary N) is 2. The Bertz CT molecular complexity index is 929. The van der Waals surface area contributed by atoms with E-state index >= 15 is 0 Å². The summed E-state index contributed by atoms with van der Waals surface area (Å²) in [5.41, 5.74) is 3.75. The minimum Gasteiger partial charge on any atom is -0.390 e. The fraction of sp³-hybridized carbons (Fsp3) is 0.320. The van der Waals surface area contributed by atoms with E-state index < -0.39 is 17.7 Å². The molecule has 4 nitrogen and oxygen atoms in total. The normalized spacial score (nSPS) is 12.4. The van der Waals surface area contributed by atoms with Crippen molar-refractivity contribution in [3.05, 3.63) is 93.2 Å². The summed E-state index contributed by atoms with van der Waals surface area (Å²) in [6.07, 6.45) is 0.384. The van der Waals surface area contributed by atoms with E-state index in [4.69, 9.17) is 0 Å². The second kappa shape index (κ2) is 13.1. The lowest BCUT2D eigenvalue weighted by molar-refractivity contribution is 0.0850. The largest absolute Gasteiger partial charge is 0.390 e. The van der Waals surface area contributed by atoms with Gasteiger partial charge in [-0.05, 0) is 60.5 Å². The van der Waals surface area contributed by atoms with Gasteiger partial charge in [-0.25, -0.2) is 8.78 Å². The third-order valence-corrected chi connectivity index (χ3v) is 5.49. The van der Waals surface area contributed by atoms with Crippen LogP contribution in [0.1, 0.15) is 40.9 Å². The van der Waals surface area contributed by atoms with Gasteiger partial charge in [-0.1, -0.05) is 31.2 Å². The first-order chi connectivity index (χ1) is 15.3. The average molecular weight is 461 g/mol. The lowest BCUT2D eigenvalue weighted by atomic mass is 10.1. The van der Waals surface area contributed by atoms with E-state index in [1.807, 2.05) is 12.3 Å². The van der Waals surface area contributed by atoms with Crippen molar-refractivity contribution in [2.45, 2.75) is 45.9 Å². The lowest BCUT2D eigenvalue weighted by Gasteiger charge is -2.20. The third kappa shape index (κ3) is 8.86. The Morgan fingerprint density at radius 1 is 1.09 bits per heavy atom. The Hall–Kier alpha value is -2.61. The Morgan fingerprint density at radius 2 is 1.78 bits per heavy atom. The molecule has 3 aromatic rings. The molecule has 3 N–H and O–H groups in total. The third-order valence-electron chi connectivity index (χ3n) is 4.81. The second-order valence-corrected chi connectivity index (χ2v) is 8.37. The number of thiophene rings is 1. The van der Waals surface area contributed by atoms with Crippen molar-refractivity contribution in [2.75, 3.05) is 6.54 Å². The Kier molecular flexibility index (Phi) is 10.5. The summed E-state index contributed by atoms with van der Waals surface area (Å²) < 4.78 is 24.4. The van der Waals surface area contributed by atoms with Crippen LogP contribution >= 0.6 is 11.3 Å². The van der Waals surface area contributed by atoms with Crippen molar-refractivity contribution in [1.29, 1.82) is 0 Å². The molecule has 0 bridgehead atoms. The minimum atomic E-state index is -0.632. The zero-order valence-electron chi connectivity index (χ0n) is 18.6. The van der Waals surface area contributed by atoms with E-state index in [-0.39, 0.29) is 11.9 Å². The molecular weight excluding hydrogens is 430 g/mol. The van der Waals surface area contributed by atoms with Crippen LogP contribution in [-0.2, 0) is 13.0 Å². The van der Waals surface area contributed by atoms with Crippen molar-refractivity contribution < 1.29 is 18.7 Å². The molecule has 172 valence electrons. The Labute approximate surface area is 192 Å². The van der Waals surface area contributed by atoms with Gasteiger partial charge < -0.3 is 15.7 Å². The molecule has 0 spiro atoms. The molecule has 0 fully saturated rings. The van der Waals surface area contributed by atoms with Crippen LogP contribution in [0.4, 0.5) is 8.78 Å². The molecular formula is C25H30F2N2O2S. The summed E-state index contributed by atoms with van der Waals surface area (Å²) in [6.45, 7) is 6.73. The first-order valence-electron chi connectivity index (χ1n) is 10.5. The molecule has 1 heterocycles. The number of hydrogen-bond acceptors (Lipinski definition) is 4. The minimum absolute atomic E-state index is 0.145. The summed E-state index contributed by atoms with van der Waals surface area (Å²) in [6, 6.07) is 13.3. The molecule has 0 aliphatic rings. The number of aryl methyl sites for hydroxylation is 2. The van der Waals surface area contributed by atoms with Crippen LogP contribution in [0.25, 0.3) is 0 Å². The summed E-state index contributed by atoms with van der Waals surface area (Å²) >= 11 is 1.48. The topological polar surface area (TPSA) is 61.4 Å². The number of carbonyl (C=O) groups excluding carboxylic acids is 1. The molecule has 2 unspecified atom stereocenters. The van der Waals surface area contributed by atoms with E-state index in [9.17, 15) is 18.7 Å². The predicted octanol–water partition coefficient (Wildman–Crippen LogP) is 4.85. The van der Waals surface area contributed by atoms with Crippen LogP contribution in [0.3, 0.4) is 0 Å². The molecule has 3 rings (SSSR count). The van der Waals surface area contributed by atoms with Crippen molar-refractivity contribution in [2.24, 2.45) is 0 Å². The molecule has 1 amide bonds. The highest BCUT2D eigenvalue weighted by atomic mass is 32.1. The summed E-state index contributed by atoms with van der Waals surface area (Å²) in [4.78, 5) is 12.0. The van der Waals surface area contributed by atoms with E-state index in [2.05, 4.69) is 41.8 Å². The number of benzene rings is 2.